The van der Waals surface area contributed by atoms with Crippen molar-refractivity contribution in [2.75, 3.05) is 13.6 Å². The van der Waals surface area contributed by atoms with Crippen molar-refractivity contribution in [3.05, 3.63) is 12.2 Å². The minimum Gasteiger partial charge on any atom is -0.393 e. The van der Waals surface area contributed by atoms with Crippen LogP contribution in [0.2, 0.25) is 0 Å². The molecule has 0 amide bonds. The van der Waals surface area contributed by atoms with Gasteiger partial charge in [0.05, 0.1) is 11.5 Å². The Morgan fingerprint density at radius 3 is 2.72 bits per heavy atom. The molecule has 1 atom stereocenters. The Morgan fingerprint density at radius 1 is 1.50 bits per heavy atom. The molecule has 2 N–H and O–H groups in total. The van der Waals surface area contributed by atoms with Gasteiger partial charge in [0.1, 0.15) is 12.2 Å². The lowest BCUT2D eigenvalue weighted by atomic mass is 10.2. The molecule has 0 fully saturated rings. The summed E-state index contributed by atoms with van der Waals surface area (Å²) in [7, 11) is 2.04. The molecule has 102 valence electrons. The van der Waals surface area contributed by atoms with Gasteiger partial charge in [-0.15, -0.1) is 0 Å². The lowest BCUT2D eigenvalue weighted by molar-refractivity contribution is 0.290. The molecule has 0 aliphatic rings. The van der Waals surface area contributed by atoms with Gasteiger partial charge in [0.25, 0.3) is 0 Å². The summed E-state index contributed by atoms with van der Waals surface area (Å²) in [4.78, 5) is 7.04. The average molecular weight is 269 g/mol. The van der Waals surface area contributed by atoms with E-state index < -0.39 is 0 Å². The van der Waals surface area contributed by atoms with Gasteiger partial charge in [-0.05, 0) is 13.0 Å². The number of rotatable bonds is 7. The fourth-order valence-electron chi connectivity index (χ4n) is 1.77. The first-order chi connectivity index (χ1) is 8.40. The molecule has 18 heavy (non-hydrogen) atoms. The van der Waals surface area contributed by atoms with Gasteiger partial charge in [-0.25, -0.2) is 9.67 Å². The highest BCUT2D eigenvalue weighted by molar-refractivity contribution is 7.80. The molecule has 0 aromatic carbocycles. The van der Waals surface area contributed by atoms with Crippen LogP contribution in [-0.4, -0.2) is 38.2 Å². The van der Waals surface area contributed by atoms with Gasteiger partial charge in [0, 0.05) is 19.0 Å². The van der Waals surface area contributed by atoms with E-state index in [0.29, 0.717) is 10.9 Å². The molecular formula is C12H23N5S. The van der Waals surface area contributed by atoms with E-state index in [4.69, 9.17) is 18.0 Å². The Kier molecular flexibility index (Phi) is 5.68. The quantitative estimate of drug-likeness (QED) is 0.756. The fraction of sp³-hybridized carbons (Fsp3) is 0.750. The highest BCUT2D eigenvalue weighted by atomic mass is 32.1. The zero-order valence-corrected chi connectivity index (χ0v) is 12.4. The predicted octanol–water partition coefficient (Wildman–Crippen LogP) is 1.29. The van der Waals surface area contributed by atoms with Gasteiger partial charge in [0.2, 0.25) is 0 Å². The van der Waals surface area contributed by atoms with Crippen LogP contribution in [0.25, 0.3) is 0 Å². The van der Waals surface area contributed by atoms with E-state index in [1.54, 1.807) is 6.33 Å². The Morgan fingerprint density at radius 2 is 2.17 bits per heavy atom. The zero-order valence-electron chi connectivity index (χ0n) is 11.6. The number of nitrogens with zero attached hydrogens (tertiary/aromatic N) is 4. The summed E-state index contributed by atoms with van der Waals surface area (Å²) in [5, 5.41) is 4.25. The van der Waals surface area contributed by atoms with Crippen molar-refractivity contribution in [2.24, 2.45) is 17.6 Å². The van der Waals surface area contributed by atoms with Gasteiger partial charge in [-0.1, -0.05) is 33.0 Å². The number of thiocarbonyl (C=S) groups is 1. The average Bonchev–Trinajstić information content (AvgIpc) is 2.64. The van der Waals surface area contributed by atoms with Crippen molar-refractivity contribution < 1.29 is 0 Å². The number of hydrogen-bond donors (Lipinski definition) is 1. The topological polar surface area (TPSA) is 60.0 Å². The summed E-state index contributed by atoms with van der Waals surface area (Å²) >= 11 is 4.99. The van der Waals surface area contributed by atoms with Gasteiger partial charge < -0.3 is 5.73 Å². The standard InChI is InChI=1S/C12H23N5S/c1-9(2)5-17-11(14-8-15-17)7-16(4)6-10(3)12(13)18/h8-10H,5-7H2,1-4H3,(H2,13,18). The first-order valence-corrected chi connectivity index (χ1v) is 6.65. The smallest absolute Gasteiger partial charge is 0.141 e. The van der Waals surface area contributed by atoms with Crippen molar-refractivity contribution in [3.8, 4) is 0 Å². The predicted molar refractivity (Wildman–Crippen MR) is 77.1 cm³/mol. The van der Waals surface area contributed by atoms with Crippen LogP contribution < -0.4 is 5.73 Å². The summed E-state index contributed by atoms with van der Waals surface area (Å²) < 4.78 is 1.96. The molecule has 0 saturated heterocycles. The van der Waals surface area contributed by atoms with Gasteiger partial charge in [-0.2, -0.15) is 5.10 Å². The van der Waals surface area contributed by atoms with Crippen molar-refractivity contribution in [2.45, 2.75) is 33.9 Å². The number of nitrogens with two attached hydrogens (primary N) is 1. The summed E-state index contributed by atoms with van der Waals surface area (Å²) in [6.07, 6.45) is 1.61. The SMILES string of the molecule is CC(C)Cn1ncnc1CN(C)CC(C)C(N)=S. The van der Waals surface area contributed by atoms with Gasteiger partial charge in [0.15, 0.2) is 0 Å². The number of aromatic nitrogens is 3. The van der Waals surface area contributed by atoms with E-state index >= 15 is 0 Å². The largest absolute Gasteiger partial charge is 0.393 e. The molecule has 0 aliphatic heterocycles. The van der Waals surface area contributed by atoms with Crippen molar-refractivity contribution in [1.29, 1.82) is 0 Å². The van der Waals surface area contributed by atoms with Crippen molar-refractivity contribution >= 4 is 17.2 Å². The lowest BCUT2D eigenvalue weighted by Crippen LogP contribution is -2.32. The Hall–Kier alpha value is -1.01. The minimum atomic E-state index is 0.214. The Labute approximate surface area is 114 Å². The molecule has 1 unspecified atom stereocenters. The van der Waals surface area contributed by atoms with E-state index in [2.05, 4.69) is 28.8 Å². The van der Waals surface area contributed by atoms with Crippen LogP contribution in [0.4, 0.5) is 0 Å². The molecular weight excluding hydrogens is 246 g/mol. The third kappa shape index (κ3) is 4.70. The third-order valence-electron chi connectivity index (χ3n) is 2.72. The Balaban J connectivity index is 2.56. The normalized spacial score (nSPS) is 13.2. The van der Waals surface area contributed by atoms with Crippen LogP contribution >= 0.6 is 12.2 Å². The van der Waals surface area contributed by atoms with Crippen LogP contribution in [0.5, 0.6) is 0 Å². The van der Waals surface area contributed by atoms with E-state index in [0.717, 1.165) is 25.5 Å². The number of hydrogen-bond acceptors (Lipinski definition) is 4. The van der Waals surface area contributed by atoms with Crippen LogP contribution in [0.3, 0.4) is 0 Å². The summed E-state index contributed by atoms with van der Waals surface area (Å²) in [5.74, 6) is 1.76. The maximum atomic E-state index is 5.63. The minimum absolute atomic E-state index is 0.214. The molecule has 5 nitrogen and oxygen atoms in total. The summed E-state index contributed by atoms with van der Waals surface area (Å²) in [6, 6.07) is 0. The highest BCUT2D eigenvalue weighted by Crippen LogP contribution is 2.06. The van der Waals surface area contributed by atoms with Crippen molar-refractivity contribution in [1.82, 2.24) is 19.7 Å². The molecule has 0 aliphatic carbocycles. The van der Waals surface area contributed by atoms with E-state index in [-0.39, 0.29) is 5.92 Å². The highest BCUT2D eigenvalue weighted by Gasteiger charge is 2.12. The molecule has 0 bridgehead atoms. The second-order valence-corrected chi connectivity index (χ2v) is 5.72. The molecule has 6 heteroatoms. The summed E-state index contributed by atoms with van der Waals surface area (Å²) in [6.45, 7) is 8.88. The van der Waals surface area contributed by atoms with Crippen molar-refractivity contribution in [3.63, 3.8) is 0 Å². The van der Waals surface area contributed by atoms with Gasteiger partial charge >= 0.3 is 0 Å². The fourth-order valence-corrected chi connectivity index (χ4v) is 1.85. The molecule has 1 aromatic heterocycles. The first kappa shape index (κ1) is 15.0. The second-order valence-electron chi connectivity index (χ2n) is 5.25. The lowest BCUT2D eigenvalue weighted by Gasteiger charge is -2.20. The van der Waals surface area contributed by atoms with Gasteiger partial charge in [-0.3, -0.25) is 4.90 Å². The zero-order chi connectivity index (χ0) is 13.7. The molecule has 0 saturated carbocycles. The maximum Gasteiger partial charge on any atom is 0.141 e. The monoisotopic (exact) mass is 269 g/mol. The van der Waals surface area contributed by atoms with Crippen LogP contribution in [0.15, 0.2) is 6.33 Å². The maximum absolute atomic E-state index is 5.63. The van der Waals surface area contributed by atoms with Crippen LogP contribution in [-0.2, 0) is 13.1 Å². The van der Waals surface area contributed by atoms with Crippen LogP contribution in [0.1, 0.15) is 26.6 Å². The molecule has 1 aromatic rings. The molecule has 0 radical (unpaired) electrons. The van der Waals surface area contributed by atoms with E-state index in [1.165, 1.54) is 0 Å². The summed E-state index contributed by atoms with van der Waals surface area (Å²) in [5.41, 5.74) is 5.63. The first-order valence-electron chi connectivity index (χ1n) is 6.24. The van der Waals surface area contributed by atoms with E-state index in [1.807, 2.05) is 18.7 Å². The second kappa shape index (κ2) is 6.80. The molecule has 1 rings (SSSR count). The molecule has 1 heterocycles. The van der Waals surface area contributed by atoms with E-state index in [9.17, 15) is 0 Å². The van der Waals surface area contributed by atoms with Crippen LogP contribution in [0, 0.1) is 11.8 Å². The Bertz CT molecular complexity index is 388. The molecule has 0 spiro atoms. The third-order valence-corrected chi connectivity index (χ3v) is 3.12.